The highest BCUT2D eigenvalue weighted by atomic mass is 16.5. The van der Waals surface area contributed by atoms with E-state index in [1.165, 1.54) is 0 Å². The van der Waals surface area contributed by atoms with Crippen LogP contribution < -0.4 is 0 Å². The molecule has 3 nitrogen and oxygen atoms in total. The van der Waals surface area contributed by atoms with Gasteiger partial charge in [-0.3, -0.25) is 4.79 Å². The molecule has 1 aromatic rings. The van der Waals surface area contributed by atoms with E-state index in [4.69, 9.17) is 4.74 Å². The number of carbonyl (C=O) groups is 1. The molecule has 0 bridgehead atoms. The second kappa shape index (κ2) is 4.72. The Morgan fingerprint density at radius 3 is 3.17 bits per heavy atom. The summed E-state index contributed by atoms with van der Waals surface area (Å²) in [6.07, 6.45) is 2.73. The third kappa shape index (κ3) is 2.20. The zero-order valence-electron chi connectivity index (χ0n) is 7.19. The fraction of sp³-hybridized carbons (Fsp3) is 0.444. The quantitative estimate of drug-likeness (QED) is 0.489. The Morgan fingerprint density at radius 2 is 2.50 bits per heavy atom. The van der Waals surface area contributed by atoms with Crippen molar-refractivity contribution in [1.82, 2.24) is 4.57 Å². The average molecular weight is 167 g/mol. The maximum absolute atomic E-state index is 10.5. The second-order valence-corrected chi connectivity index (χ2v) is 2.44. The van der Waals surface area contributed by atoms with Gasteiger partial charge >= 0.3 is 0 Å². The smallest absolute Gasteiger partial charge is 0.166 e. The highest BCUT2D eigenvalue weighted by Crippen LogP contribution is 1.98. The standard InChI is InChI=1S/C9H13NO2/c1-2-12-7-6-10-5-3-4-9(10)8-11/h3-5,8H,2,6-7H2,1H3. The molecule has 0 amide bonds. The Hall–Kier alpha value is -1.09. The molecule has 3 heteroatoms. The molecule has 12 heavy (non-hydrogen) atoms. The molecule has 0 radical (unpaired) electrons. The summed E-state index contributed by atoms with van der Waals surface area (Å²) in [7, 11) is 0. The second-order valence-electron chi connectivity index (χ2n) is 2.44. The van der Waals surface area contributed by atoms with Gasteiger partial charge in [0.1, 0.15) is 0 Å². The van der Waals surface area contributed by atoms with Crippen molar-refractivity contribution >= 4 is 6.29 Å². The maximum atomic E-state index is 10.5. The van der Waals surface area contributed by atoms with Crippen LogP contribution >= 0.6 is 0 Å². The van der Waals surface area contributed by atoms with Gasteiger partial charge < -0.3 is 9.30 Å². The van der Waals surface area contributed by atoms with Crippen LogP contribution in [-0.4, -0.2) is 24.1 Å². The van der Waals surface area contributed by atoms with E-state index in [9.17, 15) is 4.79 Å². The van der Waals surface area contributed by atoms with Crippen LogP contribution in [0.1, 0.15) is 17.4 Å². The summed E-state index contributed by atoms with van der Waals surface area (Å²) in [5.74, 6) is 0. The molecule has 1 rings (SSSR count). The Kier molecular flexibility index (Phi) is 3.54. The monoisotopic (exact) mass is 167 g/mol. The van der Waals surface area contributed by atoms with Crippen molar-refractivity contribution < 1.29 is 9.53 Å². The van der Waals surface area contributed by atoms with E-state index >= 15 is 0 Å². The molecule has 66 valence electrons. The summed E-state index contributed by atoms with van der Waals surface area (Å²) in [6, 6.07) is 3.65. The van der Waals surface area contributed by atoms with Gasteiger partial charge in [-0.05, 0) is 19.1 Å². The van der Waals surface area contributed by atoms with Crippen molar-refractivity contribution in [2.45, 2.75) is 13.5 Å². The molecule has 0 saturated heterocycles. The third-order valence-corrected chi connectivity index (χ3v) is 1.67. The molecule has 0 aromatic carbocycles. The van der Waals surface area contributed by atoms with Crippen LogP contribution in [0.4, 0.5) is 0 Å². The van der Waals surface area contributed by atoms with Gasteiger partial charge in [-0.25, -0.2) is 0 Å². The Balaban J connectivity index is 2.45. The molecule has 1 heterocycles. The van der Waals surface area contributed by atoms with E-state index in [-0.39, 0.29) is 0 Å². The lowest BCUT2D eigenvalue weighted by molar-refractivity contribution is 0.110. The van der Waals surface area contributed by atoms with E-state index in [1.807, 2.05) is 23.8 Å². The number of carbonyl (C=O) groups excluding carboxylic acids is 1. The number of nitrogens with zero attached hydrogens (tertiary/aromatic N) is 1. The van der Waals surface area contributed by atoms with Crippen LogP contribution in [0.5, 0.6) is 0 Å². The van der Waals surface area contributed by atoms with Gasteiger partial charge in [-0.2, -0.15) is 0 Å². The minimum Gasteiger partial charge on any atom is -0.380 e. The summed E-state index contributed by atoms with van der Waals surface area (Å²) in [5, 5.41) is 0. The van der Waals surface area contributed by atoms with E-state index in [0.29, 0.717) is 12.3 Å². The van der Waals surface area contributed by atoms with Gasteiger partial charge in [0, 0.05) is 19.3 Å². The van der Waals surface area contributed by atoms with E-state index in [2.05, 4.69) is 0 Å². The molecule has 0 aliphatic heterocycles. The first kappa shape index (κ1) is 9.00. The zero-order valence-corrected chi connectivity index (χ0v) is 7.19. The molecule has 0 aliphatic rings. The largest absolute Gasteiger partial charge is 0.380 e. The van der Waals surface area contributed by atoms with Crippen LogP contribution in [0.25, 0.3) is 0 Å². The predicted molar refractivity (Wildman–Crippen MR) is 46.3 cm³/mol. The van der Waals surface area contributed by atoms with Crippen LogP contribution in [0.15, 0.2) is 18.3 Å². The molecular formula is C9H13NO2. The number of hydrogen-bond donors (Lipinski definition) is 0. The van der Waals surface area contributed by atoms with Crippen LogP contribution in [0, 0.1) is 0 Å². The predicted octanol–water partition coefficient (Wildman–Crippen LogP) is 1.34. The van der Waals surface area contributed by atoms with Crippen molar-refractivity contribution in [1.29, 1.82) is 0 Å². The van der Waals surface area contributed by atoms with Gasteiger partial charge in [-0.1, -0.05) is 0 Å². The SMILES string of the molecule is CCOCCn1cccc1C=O. The van der Waals surface area contributed by atoms with E-state index in [0.717, 1.165) is 19.4 Å². The lowest BCUT2D eigenvalue weighted by Gasteiger charge is -2.04. The highest BCUT2D eigenvalue weighted by molar-refractivity contribution is 5.72. The van der Waals surface area contributed by atoms with E-state index < -0.39 is 0 Å². The lowest BCUT2D eigenvalue weighted by atomic mass is 10.5. The van der Waals surface area contributed by atoms with Gasteiger partial charge in [0.25, 0.3) is 0 Å². The summed E-state index contributed by atoms with van der Waals surface area (Å²) in [5.41, 5.74) is 0.703. The van der Waals surface area contributed by atoms with Crippen LogP contribution in [0.2, 0.25) is 0 Å². The number of aromatic nitrogens is 1. The van der Waals surface area contributed by atoms with Crippen molar-refractivity contribution in [2.24, 2.45) is 0 Å². The molecule has 0 aliphatic carbocycles. The normalized spacial score (nSPS) is 10.1. The first-order valence-corrected chi connectivity index (χ1v) is 4.06. The number of aldehydes is 1. The minimum atomic E-state index is 0.659. The van der Waals surface area contributed by atoms with Crippen molar-refractivity contribution in [3.63, 3.8) is 0 Å². The van der Waals surface area contributed by atoms with Crippen LogP contribution in [-0.2, 0) is 11.3 Å². The third-order valence-electron chi connectivity index (χ3n) is 1.67. The fourth-order valence-corrected chi connectivity index (χ4v) is 1.05. The first-order chi connectivity index (χ1) is 5.88. The molecule has 0 saturated carbocycles. The van der Waals surface area contributed by atoms with Gasteiger partial charge in [-0.15, -0.1) is 0 Å². The Bertz CT molecular complexity index is 242. The first-order valence-electron chi connectivity index (χ1n) is 4.06. The molecule has 0 N–H and O–H groups in total. The van der Waals surface area contributed by atoms with Gasteiger partial charge in [0.2, 0.25) is 0 Å². The van der Waals surface area contributed by atoms with Gasteiger partial charge in [0.05, 0.1) is 12.3 Å². The average Bonchev–Trinajstić information content (AvgIpc) is 2.52. The van der Waals surface area contributed by atoms with Crippen LogP contribution in [0.3, 0.4) is 0 Å². The Labute approximate surface area is 72.0 Å². The molecule has 0 unspecified atom stereocenters. The highest BCUT2D eigenvalue weighted by Gasteiger charge is 1.97. The lowest BCUT2D eigenvalue weighted by Crippen LogP contribution is -2.07. The molecule has 0 atom stereocenters. The molecule has 1 aromatic heterocycles. The number of ether oxygens (including phenoxy) is 1. The Morgan fingerprint density at radius 1 is 1.67 bits per heavy atom. The summed E-state index contributed by atoms with van der Waals surface area (Å²) >= 11 is 0. The zero-order chi connectivity index (χ0) is 8.81. The maximum Gasteiger partial charge on any atom is 0.166 e. The summed E-state index contributed by atoms with van der Waals surface area (Å²) in [4.78, 5) is 10.5. The minimum absolute atomic E-state index is 0.659. The number of hydrogen-bond acceptors (Lipinski definition) is 2. The van der Waals surface area contributed by atoms with E-state index in [1.54, 1.807) is 6.07 Å². The van der Waals surface area contributed by atoms with Crippen molar-refractivity contribution in [3.8, 4) is 0 Å². The molecule has 0 fully saturated rings. The van der Waals surface area contributed by atoms with Crippen molar-refractivity contribution in [2.75, 3.05) is 13.2 Å². The summed E-state index contributed by atoms with van der Waals surface area (Å²) in [6.45, 7) is 4.08. The number of rotatable bonds is 5. The fourth-order valence-electron chi connectivity index (χ4n) is 1.05. The van der Waals surface area contributed by atoms with Crippen molar-refractivity contribution in [3.05, 3.63) is 24.0 Å². The summed E-state index contributed by atoms with van der Waals surface area (Å²) < 4.78 is 7.05. The molecular weight excluding hydrogens is 154 g/mol. The molecule has 0 spiro atoms. The van der Waals surface area contributed by atoms with Gasteiger partial charge in [0.15, 0.2) is 6.29 Å². The topological polar surface area (TPSA) is 31.2 Å².